The van der Waals surface area contributed by atoms with Crippen molar-refractivity contribution in [3.63, 3.8) is 0 Å². The molecular weight excluding hydrogens is 516 g/mol. The van der Waals surface area contributed by atoms with Gasteiger partial charge in [0, 0.05) is 18.7 Å². The number of ether oxygens (including phenoxy) is 1. The second-order valence-corrected chi connectivity index (χ2v) is 12.4. The molecule has 9 nitrogen and oxygen atoms in total. The molecule has 224 valence electrons. The second-order valence-electron chi connectivity index (χ2n) is 11.4. The van der Waals surface area contributed by atoms with Crippen molar-refractivity contribution in [3.8, 4) is 0 Å². The Morgan fingerprint density at radius 2 is 1.69 bits per heavy atom. The number of nitrogens with zero attached hydrogens (tertiary/aromatic N) is 2. The first kappa shape index (κ1) is 35.0. The van der Waals surface area contributed by atoms with Crippen molar-refractivity contribution in [2.75, 3.05) is 32.7 Å². The Balaban J connectivity index is 3.09. The minimum absolute atomic E-state index is 0.00730. The molecule has 1 saturated heterocycles. The van der Waals surface area contributed by atoms with E-state index in [4.69, 9.17) is 4.74 Å². The predicted molar refractivity (Wildman–Crippen MR) is 158 cm³/mol. The van der Waals surface area contributed by atoms with Crippen LogP contribution >= 0.6 is 11.8 Å². The molecule has 0 aromatic carbocycles. The van der Waals surface area contributed by atoms with Gasteiger partial charge in [-0.05, 0) is 70.4 Å². The van der Waals surface area contributed by atoms with E-state index in [0.29, 0.717) is 17.7 Å². The molecule has 0 saturated carbocycles. The first-order valence-corrected chi connectivity index (χ1v) is 15.5. The van der Waals surface area contributed by atoms with Gasteiger partial charge in [-0.25, -0.2) is 4.79 Å². The smallest absolute Gasteiger partial charge is 0.328 e. The molecule has 4 atom stereocenters. The van der Waals surface area contributed by atoms with E-state index < -0.39 is 18.1 Å². The molecule has 0 bridgehead atoms. The van der Waals surface area contributed by atoms with Crippen LogP contribution in [0.5, 0.6) is 0 Å². The normalized spacial score (nSPS) is 19.0. The summed E-state index contributed by atoms with van der Waals surface area (Å²) in [6, 6.07) is -1.79. The predicted octanol–water partition coefficient (Wildman–Crippen LogP) is 3.23. The molecule has 0 aromatic heterocycles. The number of hydrogen-bond acceptors (Lipinski definition) is 7. The Morgan fingerprint density at radius 1 is 1.05 bits per heavy atom. The molecule has 0 radical (unpaired) electrons. The van der Waals surface area contributed by atoms with Gasteiger partial charge in [0.05, 0.1) is 19.2 Å². The molecule has 0 aliphatic carbocycles. The van der Waals surface area contributed by atoms with Gasteiger partial charge in [-0.3, -0.25) is 19.3 Å². The lowest BCUT2D eigenvalue weighted by molar-refractivity contribution is -0.144. The SMILES string of the molecule is COC(=O)[C@H](CCSC)NC(=O)/C(C)=C/[C@H](C(C)C)N(C)C(=O)[C@@H](NC(=O)[C@H]1CCCCN1C(C)C)C(C)C. The van der Waals surface area contributed by atoms with Gasteiger partial charge in [-0.1, -0.05) is 40.2 Å². The van der Waals surface area contributed by atoms with Crippen LogP contribution in [0.4, 0.5) is 0 Å². The van der Waals surface area contributed by atoms with Crippen molar-refractivity contribution in [1.29, 1.82) is 0 Å². The van der Waals surface area contributed by atoms with Crippen molar-refractivity contribution in [1.82, 2.24) is 20.4 Å². The molecule has 10 heteroatoms. The number of carbonyl (C=O) groups is 4. The number of rotatable bonds is 14. The third kappa shape index (κ3) is 10.4. The zero-order valence-corrected chi connectivity index (χ0v) is 26.5. The van der Waals surface area contributed by atoms with Crippen molar-refractivity contribution >= 4 is 35.5 Å². The van der Waals surface area contributed by atoms with E-state index in [1.165, 1.54) is 7.11 Å². The summed E-state index contributed by atoms with van der Waals surface area (Å²) in [4.78, 5) is 56.1. The summed E-state index contributed by atoms with van der Waals surface area (Å²) in [7, 11) is 3.02. The van der Waals surface area contributed by atoms with Crippen LogP contribution in [0.2, 0.25) is 0 Å². The number of nitrogens with one attached hydrogen (secondary N) is 2. The first-order valence-electron chi connectivity index (χ1n) is 14.2. The van der Waals surface area contributed by atoms with Crippen LogP contribution in [0.15, 0.2) is 11.6 Å². The molecule has 0 aromatic rings. The maximum atomic E-state index is 13.7. The molecule has 1 fully saturated rings. The molecule has 1 rings (SSSR count). The van der Waals surface area contributed by atoms with Crippen LogP contribution in [0.25, 0.3) is 0 Å². The zero-order valence-electron chi connectivity index (χ0n) is 25.7. The molecule has 0 unspecified atom stereocenters. The Hall–Kier alpha value is -2.07. The molecule has 1 aliphatic rings. The summed E-state index contributed by atoms with van der Waals surface area (Å²) in [6.07, 6.45) is 7.02. The van der Waals surface area contributed by atoms with Crippen LogP contribution in [-0.4, -0.2) is 96.4 Å². The fourth-order valence-electron chi connectivity index (χ4n) is 4.97. The molecule has 1 aliphatic heterocycles. The van der Waals surface area contributed by atoms with Gasteiger partial charge in [-0.2, -0.15) is 11.8 Å². The Labute approximate surface area is 240 Å². The first-order chi connectivity index (χ1) is 18.3. The van der Waals surface area contributed by atoms with Crippen molar-refractivity contribution in [3.05, 3.63) is 11.6 Å². The highest BCUT2D eigenvalue weighted by atomic mass is 32.2. The summed E-state index contributed by atoms with van der Waals surface area (Å²) >= 11 is 1.58. The molecule has 0 spiro atoms. The third-order valence-corrected chi connectivity index (χ3v) is 8.04. The van der Waals surface area contributed by atoms with E-state index in [1.807, 2.05) is 34.0 Å². The average Bonchev–Trinajstić information content (AvgIpc) is 2.90. The monoisotopic (exact) mass is 568 g/mol. The van der Waals surface area contributed by atoms with Crippen LogP contribution in [0, 0.1) is 11.8 Å². The van der Waals surface area contributed by atoms with Crippen LogP contribution in [-0.2, 0) is 23.9 Å². The summed E-state index contributed by atoms with van der Waals surface area (Å²) in [6.45, 7) is 14.6. The minimum atomic E-state index is -0.735. The summed E-state index contributed by atoms with van der Waals surface area (Å²) in [5.74, 6) is -0.560. The van der Waals surface area contributed by atoms with E-state index in [1.54, 1.807) is 36.7 Å². The lowest BCUT2D eigenvalue weighted by Gasteiger charge is -2.39. The van der Waals surface area contributed by atoms with E-state index in [0.717, 1.165) is 25.8 Å². The van der Waals surface area contributed by atoms with Gasteiger partial charge in [0.25, 0.3) is 0 Å². The average molecular weight is 569 g/mol. The number of hydrogen-bond donors (Lipinski definition) is 2. The van der Waals surface area contributed by atoms with Gasteiger partial charge in [-0.15, -0.1) is 0 Å². The topological polar surface area (TPSA) is 108 Å². The second kappa shape index (κ2) is 16.9. The number of carbonyl (C=O) groups excluding carboxylic acids is 4. The van der Waals surface area contributed by atoms with Crippen LogP contribution < -0.4 is 10.6 Å². The number of piperidine rings is 1. The van der Waals surface area contributed by atoms with Crippen LogP contribution in [0.3, 0.4) is 0 Å². The van der Waals surface area contributed by atoms with Gasteiger partial charge < -0.3 is 20.3 Å². The lowest BCUT2D eigenvalue weighted by atomic mass is 9.95. The number of methoxy groups -OCH3 is 1. The van der Waals surface area contributed by atoms with Crippen molar-refractivity contribution in [2.24, 2.45) is 11.8 Å². The molecule has 39 heavy (non-hydrogen) atoms. The number of thioether (sulfide) groups is 1. The Morgan fingerprint density at radius 3 is 2.21 bits per heavy atom. The molecular formula is C29H52N4O5S. The highest BCUT2D eigenvalue weighted by Crippen LogP contribution is 2.21. The summed E-state index contributed by atoms with van der Waals surface area (Å²) in [5.41, 5.74) is 0.409. The van der Waals surface area contributed by atoms with Crippen molar-refractivity contribution < 1.29 is 23.9 Å². The molecule has 2 N–H and O–H groups in total. The van der Waals surface area contributed by atoms with E-state index in [9.17, 15) is 19.2 Å². The van der Waals surface area contributed by atoms with Gasteiger partial charge in [0.1, 0.15) is 12.1 Å². The number of amides is 3. The third-order valence-electron chi connectivity index (χ3n) is 7.40. The fourth-order valence-corrected chi connectivity index (χ4v) is 5.44. The Kier molecular flexibility index (Phi) is 15.1. The molecule has 3 amide bonds. The summed E-state index contributed by atoms with van der Waals surface area (Å²) in [5, 5.41) is 5.83. The Bertz CT molecular complexity index is 861. The van der Waals surface area contributed by atoms with E-state index >= 15 is 0 Å². The maximum Gasteiger partial charge on any atom is 0.328 e. The number of likely N-dealkylation sites (tertiary alicyclic amines) is 1. The van der Waals surface area contributed by atoms with Gasteiger partial charge >= 0.3 is 5.97 Å². The minimum Gasteiger partial charge on any atom is -0.467 e. The maximum absolute atomic E-state index is 13.7. The van der Waals surface area contributed by atoms with Gasteiger partial charge in [0.2, 0.25) is 17.7 Å². The molecule has 1 heterocycles. The summed E-state index contributed by atoms with van der Waals surface area (Å²) < 4.78 is 4.85. The van der Waals surface area contributed by atoms with Crippen LogP contribution in [0.1, 0.15) is 74.1 Å². The quantitative estimate of drug-likeness (QED) is 0.245. The van der Waals surface area contributed by atoms with E-state index in [-0.39, 0.29) is 47.7 Å². The highest BCUT2D eigenvalue weighted by Gasteiger charge is 2.36. The standard InChI is InChI=1S/C29H52N4O5S/c1-18(2)24(17-21(7)26(34)30-22(14-16-39-10)29(37)38-9)32(8)28(36)25(19(3)4)31-27(35)23-13-11-12-15-33(23)20(5)6/h17-20,22-25H,11-16H2,1-10H3,(H,30,34)(H,31,35)/b21-17+/t22-,23+,24+,25-/m0/s1. The number of likely N-dealkylation sites (N-methyl/N-ethyl adjacent to an activating group) is 1. The van der Waals surface area contributed by atoms with E-state index in [2.05, 4.69) is 29.4 Å². The van der Waals surface area contributed by atoms with Crippen molar-refractivity contribution in [2.45, 2.75) is 104 Å². The fraction of sp³-hybridized carbons (Fsp3) is 0.793. The highest BCUT2D eigenvalue weighted by molar-refractivity contribution is 7.98. The lowest BCUT2D eigenvalue weighted by Crippen LogP contribution is -2.58. The van der Waals surface area contributed by atoms with Gasteiger partial charge in [0.15, 0.2) is 0 Å². The largest absolute Gasteiger partial charge is 0.467 e. The zero-order chi connectivity index (χ0) is 29.9. The number of esters is 1.